The second-order valence-electron chi connectivity index (χ2n) is 8.01. The van der Waals surface area contributed by atoms with E-state index in [1.54, 1.807) is 56.7 Å². The Labute approximate surface area is 201 Å². The lowest BCUT2D eigenvalue weighted by Gasteiger charge is -2.27. The maximum absolute atomic E-state index is 13.6. The fraction of sp³-hybridized carbons (Fsp3) is 0.269. The van der Waals surface area contributed by atoms with Crippen molar-refractivity contribution in [2.45, 2.75) is 31.7 Å². The van der Waals surface area contributed by atoms with Crippen LogP contribution in [0, 0.1) is 13.8 Å². The fourth-order valence-corrected chi connectivity index (χ4v) is 5.28. The summed E-state index contributed by atoms with van der Waals surface area (Å²) in [6.45, 7) is 5.19. The van der Waals surface area contributed by atoms with Crippen LogP contribution in [-0.2, 0) is 14.8 Å². The molecule has 3 rings (SSSR count). The van der Waals surface area contributed by atoms with E-state index >= 15 is 0 Å². The van der Waals surface area contributed by atoms with Crippen LogP contribution in [0.5, 0.6) is 11.5 Å². The molecule has 1 atom stereocenters. The largest absolute Gasteiger partial charge is 0.497 e. The van der Waals surface area contributed by atoms with Gasteiger partial charge in [0.25, 0.3) is 10.0 Å². The van der Waals surface area contributed by atoms with Crippen molar-refractivity contribution in [3.05, 3.63) is 83.4 Å². The van der Waals surface area contributed by atoms with Crippen LogP contribution in [0.2, 0.25) is 0 Å². The summed E-state index contributed by atoms with van der Waals surface area (Å²) in [5, 5.41) is 2.90. The van der Waals surface area contributed by atoms with Crippen LogP contribution < -0.4 is 19.1 Å². The number of hydrogen-bond donors (Lipinski definition) is 1. The first-order valence-corrected chi connectivity index (χ1v) is 12.3. The van der Waals surface area contributed by atoms with Crippen molar-refractivity contribution in [3.63, 3.8) is 0 Å². The van der Waals surface area contributed by atoms with Crippen LogP contribution in [0.15, 0.2) is 71.6 Å². The van der Waals surface area contributed by atoms with Gasteiger partial charge < -0.3 is 14.8 Å². The number of anilines is 1. The summed E-state index contributed by atoms with van der Waals surface area (Å²) in [7, 11) is -0.870. The second-order valence-corrected chi connectivity index (χ2v) is 9.87. The fourth-order valence-electron chi connectivity index (χ4n) is 3.78. The Morgan fingerprint density at radius 1 is 0.971 bits per heavy atom. The number of rotatable bonds is 9. The SMILES string of the molecule is COc1ccc(OC)c(C(C)NC(=O)CN(c2ccc(C)cc2C)S(=O)(=O)c2ccccc2)c1. The molecule has 0 aromatic heterocycles. The van der Waals surface area contributed by atoms with Gasteiger partial charge in [-0.25, -0.2) is 8.42 Å². The highest BCUT2D eigenvalue weighted by atomic mass is 32.2. The number of nitrogens with one attached hydrogen (secondary N) is 1. The lowest BCUT2D eigenvalue weighted by Crippen LogP contribution is -2.42. The first kappa shape index (κ1) is 25.1. The Kier molecular flexibility index (Phi) is 7.83. The molecule has 34 heavy (non-hydrogen) atoms. The van der Waals surface area contributed by atoms with Crippen molar-refractivity contribution in [3.8, 4) is 11.5 Å². The summed E-state index contributed by atoms with van der Waals surface area (Å²) in [6, 6.07) is 18.4. The average molecular weight is 483 g/mol. The molecule has 7 nitrogen and oxygen atoms in total. The number of ether oxygens (including phenoxy) is 2. The lowest BCUT2D eigenvalue weighted by atomic mass is 10.1. The van der Waals surface area contributed by atoms with Crippen LogP contribution in [0.4, 0.5) is 5.69 Å². The number of aryl methyl sites for hydroxylation is 2. The molecule has 1 unspecified atom stereocenters. The van der Waals surface area contributed by atoms with Crippen molar-refractivity contribution in [1.29, 1.82) is 0 Å². The highest BCUT2D eigenvalue weighted by Crippen LogP contribution is 2.30. The van der Waals surface area contributed by atoms with Gasteiger partial charge in [-0.3, -0.25) is 9.10 Å². The number of carbonyl (C=O) groups is 1. The van der Waals surface area contributed by atoms with Crippen molar-refractivity contribution in [1.82, 2.24) is 5.32 Å². The monoisotopic (exact) mass is 482 g/mol. The van der Waals surface area contributed by atoms with E-state index in [0.717, 1.165) is 21.0 Å². The van der Waals surface area contributed by atoms with Crippen LogP contribution in [0.1, 0.15) is 29.7 Å². The molecule has 0 aliphatic heterocycles. The average Bonchev–Trinajstić information content (AvgIpc) is 2.83. The van der Waals surface area contributed by atoms with Crippen molar-refractivity contribution < 1.29 is 22.7 Å². The molecule has 0 aliphatic rings. The van der Waals surface area contributed by atoms with Gasteiger partial charge in [0.2, 0.25) is 5.91 Å². The summed E-state index contributed by atoms with van der Waals surface area (Å²) in [5.74, 6) is 0.772. The molecule has 8 heteroatoms. The number of carbonyl (C=O) groups excluding carboxylic acids is 1. The summed E-state index contributed by atoms with van der Waals surface area (Å²) < 4.78 is 39.0. The van der Waals surface area contributed by atoms with E-state index in [0.29, 0.717) is 17.2 Å². The molecule has 0 bridgehead atoms. The number of sulfonamides is 1. The molecule has 0 heterocycles. The Bertz CT molecular complexity index is 1260. The molecule has 3 aromatic rings. The van der Waals surface area contributed by atoms with E-state index in [2.05, 4.69) is 5.32 Å². The minimum atomic E-state index is -3.98. The van der Waals surface area contributed by atoms with E-state index in [-0.39, 0.29) is 11.4 Å². The third kappa shape index (κ3) is 5.51. The molecule has 0 aliphatic carbocycles. The molecule has 180 valence electrons. The third-order valence-corrected chi connectivity index (χ3v) is 7.29. The zero-order valence-electron chi connectivity index (χ0n) is 20.0. The Balaban J connectivity index is 1.93. The number of benzene rings is 3. The molecule has 0 radical (unpaired) electrons. The molecule has 3 aromatic carbocycles. The molecule has 1 N–H and O–H groups in total. The molecular weight excluding hydrogens is 452 g/mol. The molecular formula is C26H30N2O5S. The van der Waals surface area contributed by atoms with Crippen LogP contribution >= 0.6 is 0 Å². The topological polar surface area (TPSA) is 84.9 Å². The molecule has 1 amide bonds. The van der Waals surface area contributed by atoms with Gasteiger partial charge in [-0.05, 0) is 62.7 Å². The number of methoxy groups -OCH3 is 2. The van der Waals surface area contributed by atoms with Crippen molar-refractivity contribution in [2.24, 2.45) is 0 Å². The van der Waals surface area contributed by atoms with Gasteiger partial charge in [0.05, 0.1) is 30.8 Å². The predicted octanol–water partition coefficient (Wildman–Crippen LogP) is 4.39. The Morgan fingerprint density at radius 3 is 2.29 bits per heavy atom. The second kappa shape index (κ2) is 10.6. The minimum Gasteiger partial charge on any atom is -0.497 e. The van der Waals surface area contributed by atoms with Crippen LogP contribution in [0.25, 0.3) is 0 Å². The Morgan fingerprint density at radius 2 is 1.68 bits per heavy atom. The summed E-state index contributed by atoms with van der Waals surface area (Å²) in [6.07, 6.45) is 0. The zero-order chi connectivity index (χ0) is 24.9. The zero-order valence-corrected chi connectivity index (χ0v) is 20.8. The van der Waals surface area contributed by atoms with Gasteiger partial charge in [0.1, 0.15) is 18.0 Å². The lowest BCUT2D eigenvalue weighted by molar-refractivity contribution is -0.120. The Hall–Kier alpha value is -3.52. The van der Waals surface area contributed by atoms with Gasteiger partial charge in [-0.1, -0.05) is 35.9 Å². The van der Waals surface area contributed by atoms with E-state index in [9.17, 15) is 13.2 Å². The van der Waals surface area contributed by atoms with Crippen LogP contribution in [0.3, 0.4) is 0 Å². The maximum Gasteiger partial charge on any atom is 0.264 e. The van der Waals surface area contributed by atoms with Gasteiger partial charge in [-0.2, -0.15) is 0 Å². The van der Waals surface area contributed by atoms with E-state index < -0.39 is 22.0 Å². The number of nitrogens with zero attached hydrogens (tertiary/aromatic N) is 1. The van der Waals surface area contributed by atoms with E-state index in [1.807, 2.05) is 32.9 Å². The standard InChI is InChI=1S/C26H30N2O5S/c1-18-11-13-24(19(2)15-18)28(34(30,31)22-9-7-6-8-10-22)17-26(29)27-20(3)23-16-21(32-4)12-14-25(23)33-5/h6-16,20H,17H2,1-5H3,(H,27,29). The molecule has 0 saturated carbocycles. The predicted molar refractivity (Wildman–Crippen MR) is 133 cm³/mol. The van der Waals surface area contributed by atoms with Crippen LogP contribution in [-0.4, -0.2) is 35.1 Å². The van der Waals surface area contributed by atoms with Gasteiger partial charge in [-0.15, -0.1) is 0 Å². The normalized spacial score (nSPS) is 12.0. The smallest absolute Gasteiger partial charge is 0.264 e. The van der Waals surface area contributed by atoms with Crippen molar-refractivity contribution >= 4 is 21.6 Å². The van der Waals surface area contributed by atoms with Gasteiger partial charge in [0, 0.05) is 5.56 Å². The molecule has 0 fully saturated rings. The molecule has 0 spiro atoms. The first-order valence-electron chi connectivity index (χ1n) is 10.8. The quantitative estimate of drug-likeness (QED) is 0.489. The van der Waals surface area contributed by atoms with E-state index in [4.69, 9.17) is 9.47 Å². The van der Waals surface area contributed by atoms with Crippen molar-refractivity contribution in [2.75, 3.05) is 25.1 Å². The minimum absolute atomic E-state index is 0.116. The first-order chi connectivity index (χ1) is 16.2. The summed E-state index contributed by atoms with van der Waals surface area (Å²) >= 11 is 0. The number of amides is 1. The van der Waals surface area contributed by atoms with Gasteiger partial charge in [0.15, 0.2) is 0 Å². The maximum atomic E-state index is 13.6. The third-order valence-electron chi connectivity index (χ3n) is 5.52. The summed E-state index contributed by atoms with van der Waals surface area (Å²) in [5.41, 5.74) is 2.94. The number of hydrogen-bond acceptors (Lipinski definition) is 5. The summed E-state index contributed by atoms with van der Waals surface area (Å²) in [4.78, 5) is 13.2. The van der Waals surface area contributed by atoms with E-state index in [1.165, 1.54) is 12.1 Å². The highest BCUT2D eigenvalue weighted by Gasteiger charge is 2.29. The molecule has 0 saturated heterocycles. The van der Waals surface area contributed by atoms with Gasteiger partial charge >= 0.3 is 0 Å². The highest BCUT2D eigenvalue weighted by molar-refractivity contribution is 7.92.